The van der Waals surface area contributed by atoms with Crippen molar-refractivity contribution in [2.45, 2.75) is 25.7 Å². The summed E-state index contributed by atoms with van der Waals surface area (Å²) in [6, 6.07) is 10.2. The molecular formula is C23H23F2NO2. The lowest BCUT2D eigenvalue weighted by molar-refractivity contribution is 0.0829. The van der Waals surface area contributed by atoms with Crippen LogP contribution in [0.4, 0.5) is 8.78 Å². The molecule has 1 unspecified atom stereocenters. The molecule has 1 heterocycles. The van der Waals surface area contributed by atoms with E-state index >= 15 is 0 Å². The van der Waals surface area contributed by atoms with Gasteiger partial charge in [-0.15, -0.1) is 0 Å². The molecule has 2 aromatic rings. The standard InChI is InChI=1S/C23H23F2NO2/c24-19-4-1-15(2-5-19)22(27)16-7-10-26(11-8-16)12-9-18-13-17-3-6-20(25)14-21(17)23(18)28/h1-6,14,16,18H,7-13H2. The first-order chi connectivity index (χ1) is 13.5. The van der Waals surface area contributed by atoms with Gasteiger partial charge in [-0.2, -0.15) is 0 Å². The molecule has 3 nitrogen and oxygen atoms in total. The Bertz CT molecular complexity index is 886. The van der Waals surface area contributed by atoms with Gasteiger partial charge in [-0.25, -0.2) is 8.78 Å². The highest BCUT2D eigenvalue weighted by Crippen LogP contribution is 2.30. The first-order valence-corrected chi connectivity index (χ1v) is 9.86. The molecule has 0 N–H and O–H groups in total. The first-order valence-electron chi connectivity index (χ1n) is 9.86. The monoisotopic (exact) mass is 383 g/mol. The van der Waals surface area contributed by atoms with E-state index in [1.54, 1.807) is 18.2 Å². The molecule has 2 aliphatic rings. The molecule has 0 saturated carbocycles. The molecule has 5 heteroatoms. The van der Waals surface area contributed by atoms with Crippen LogP contribution >= 0.6 is 0 Å². The van der Waals surface area contributed by atoms with E-state index in [-0.39, 0.29) is 35.0 Å². The molecule has 0 aromatic heterocycles. The summed E-state index contributed by atoms with van der Waals surface area (Å²) in [5, 5.41) is 0. The summed E-state index contributed by atoms with van der Waals surface area (Å²) in [6.07, 6.45) is 3.00. The molecule has 0 bridgehead atoms. The quantitative estimate of drug-likeness (QED) is 0.723. The first kappa shape index (κ1) is 18.9. The lowest BCUT2D eigenvalue weighted by atomic mass is 9.88. The van der Waals surface area contributed by atoms with Crippen LogP contribution in [0.5, 0.6) is 0 Å². The van der Waals surface area contributed by atoms with Crippen molar-refractivity contribution in [2.24, 2.45) is 11.8 Å². The summed E-state index contributed by atoms with van der Waals surface area (Å²) >= 11 is 0. The number of carbonyl (C=O) groups is 2. The smallest absolute Gasteiger partial charge is 0.166 e. The van der Waals surface area contributed by atoms with Crippen molar-refractivity contribution in [3.05, 3.63) is 70.8 Å². The number of fused-ring (bicyclic) bond motifs is 1. The van der Waals surface area contributed by atoms with Gasteiger partial charge in [0.1, 0.15) is 11.6 Å². The van der Waals surface area contributed by atoms with Gasteiger partial charge in [0.05, 0.1) is 0 Å². The average molecular weight is 383 g/mol. The molecule has 0 radical (unpaired) electrons. The summed E-state index contributed by atoms with van der Waals surface area (Å²) in [5.41, 5.74) is 2.05. The third-order valence-electron chi connectivity index (χ3n) is 6.06. The van der Waals surface area contributed by atoms with E-state index in [1.807, 2.05) is 0 Å². The Labute approximate surface area is 163 Å². The minimum atomic E-state index is -0.361. The Morgan fingerprint density at radius 2 is 1.68 bits per heavy atom. The topological polar surface area (TPSA) is 37.4 Å². The van der Waals surface area contributed by atoms with Crippen molar-refractivity contribution in [2.75, 3.05) is 19.6 Å². The van der Waals surface area contributed by atoms with Gasteiger partial charge in [0.2, 0.25) is 0 Å². The van der Waals surface area contributed by atoms with E-state index in [0.29, 0.717) is 17.5 Å². The molecule has 1 saturated heterocycles. The number of likely N-dealkylation sites (tertiary alicyclic amines) is 1. The number of rotatable bonds is 5. The summed E-state index contributed by atoms with van der Waals surface area (Å²) < 4.78 is 26.4. The number of benzene rings is 2. The van der Waals surface area contributed by atoms with Crippen molar-refractivity contribution in [1.29, 1.82) is 0 Å². The Morgan fingerprint density at radius 3 is 2.39 bits per heavy atom. The number of halogens is 2. The second-order valence-electron chi connectivity index (χ2n) is 7.84. The van der Waals surface area contributed by atoms with Crippen molar-refractivity contribution < 1.29 is 18.4 Å². The Balaban J connectivity index is 1.27. The molecule has 2 aromatic carbocycles. The highest BCUT2D eigenvalue weighted by molar-refractivity contribution is 6.02. The summed E-state index contributed by atoms with van der Waals surface area (Å²) in [4.78, 5) is 27.3. The molecule has 4 rings (SSSR count). The van der Waals surface area contributed by atoms with Gasteiger partial charge >= 0.3 is 0 Å². The lowest BCUT2D eigenvalue weighted by Crippen LogP contribution is -2.37. The number of ketones is 2. The molecule has 28 heavy (non-hydrogen) atoms. The fourth-order valence-corrected chi connectivity index (χ4v) is 4.37. The van der Waals surface area contributed by atoms with Gasteiger partial charge in [0, 0.05) is 23.0 Å². The van der Waals surface area contributed by atoms with Crippen LogP contribution < -0.4 is 0 Å². The predicted octanol–water partition coefficient (Wildman–Crippen LogP) is 4.30. The maximum absolute atomic E-state index is 13.4. The fraction of sp³-hybridized carbons (Fsp3) is 0.391. The van der Waals surface area contributed by atoms with Gasteiger partial charge < -0.3 is 4.90 Å². The van der Waals surface area contributed by atoms with Crippen molar-refractivity contribution in [3.8, 4) is 0 Å². The van der Waals surface area contributed by atoms with E-state index < -0.39 is 0 Å². The third kappa shape index (κ3) is 3.90. The molecule has 0 amide bonds. The zero-order chi connectivity index (χ0) is 19.7. The van der Waals surface area contributed by atoms with Crippen LogP contribution in [0.3, 0.4) is 0 Å². The Morgan fingerprint density at radius 1 is 1.00 bits per heavy atom. The maximum atomic E-state index is 13.4. The van der Waals surface area contributed by atoms with Gasteiger partial charge in [-0.1, -0.05) is 6.07 Å². The second-order valence-corrected chi connectivity index (χ2v) is 7.84. The zero-order valence-electron chi connectivity index (χ0n) is 15.7. The molecule has 1 aliphatic carbocycles. The van der Waals surface area contributed by atoms with E-state index in [4.69, 9.17) is 0 Å². The zero-order valence-corrected chi connectivity index (χ0v) is 15.7. The van der Waals surface area contributed by atoms with E-state index in [1.165, 1.54) is 24.3 Å². The van der Waals surface area contributed by atoms with Crippen LogP contribution in [0, 0.1) is 23.5 Å². The van der Waals surface area contributed by atoms with Crippen LogP contribution in [0.2, 0.25) is 0 Å². The highest BCUT2D eigenvalue weighted by atomic mass is 19.1. The number of hydrogen-bond acceptors (Lipinski definition) is 3. The molecular weight excluding hydrogens is 360 g/mol. The van der Waals surface area contributed by atoms with Gasteiger partial charge in [0.15, 0.2) is 11.6 Å². The Kier molecular flexibility index (Phi) is 5.36. The number of piperidine rings is 1. The number of carbonyl (C=O) groups excluding carboxylic acids is 2. The van der Waals surface area contributed by atoms with Crippen LogP contribution in [-0.2, 0) is 6.42 Å². The SMILES string of the molecule is O=C(c1ccc(F)cc1)C1CCN(CCC2Cc3ccc(F)cc3C2=O)CC1. The van der Waals surface area contributed by atoms with Crippen LogP contribution in [-0.4, -0.2) is 36.1 Å². The van der Waals surface area contributed by atoms with Crippen molar-refractivity contribution >= 4 is 11.6 Å². The van der Waals surface area contributed by atoms with Crippen molar-refractivity contribution in [3.63, 3.8) is 0 Å². The van der Waals surface area contributed by atoms with Crippen molar-refractivity contribution in [1.82, 2.24) is 4.90 Å². The number of nitrogens with zero attached hydrogens (tertiary/aromatic N) is 1. The van der Waals surface area contributed by atoms with Gasteiger partial charge in [0.25, 0.3) is 0 Å². The van der Waals surface area contributed by atoms with Crippen LogP contribution in [0.25, 0.3) is 0 Å². The predicted molar refractivity (Wildman–Crippen MR) is 102 cm³/mol. The fourth-order valence-electron chi connectivity index (χ4n) is 4.37. The maximum Gasteiger partial charge on any atom is 0.166 e. The Hall–Kier alpha value is -2.40. The van der Waals surface area contributed by atoms with Gasteiger partial charge in [-0.3, -0.25) is 9.59 Å². The molecule has 1 atom stereocenters. The highest BCUT2D eigenvalue weighted by Gasteiger charge is 2.32. The molecule has 1 aliphatic heterocycles. The van der Waals surface area contributed by atoms with Gasteiger partial charge in [-0.05, 0) is 87.3 Å². The third-order valence-corrected chi connectivity index (χ3v) is 6.06. The van der Waals surface area contributed by atoms with Crippen LogP contribution in [0.15, 0.2) is 42.5 Å². The second kappa shape index (κ2) is 7.92. The minimum Gasteiger partial charge on any atom is -0.303 e. The van der Waals surface area contributed by atoms with E-state index in [9.17, 15) is 18.4 Å². The lowest BCUT2D eigenvalue weighted by Gasteiger charge is -2.31. The molecule has 1 fully saturated rings. The normalized spacial score (nSPS) is 20.4. The van der Waals surface area contributed by atoms with E-state index in [0.717, 1.165) is 44.5 Å². The summed E-state index contributed by atoms with van der Waals surface area (Å²) in [6.45, 7) is 2.45. The molecule has 0 spiro atoms. The number of Topliss-reactive ketones (excluding diaryl/α,β-unsaturated/α-hetero) is 2. The largest absolute Gasteiger partial charge is 0.303 e. The number of hydrogen-bond donors (Lipinski definition) is 0. The van der Waals surface area contributed by atoms with Crippen LogP contribution in [0.1, 0.15) is 45.5 Å². The minimum absolute atomic E-state index is 0.0259. The summed E-state index contributed by atoms with van der Waals surface area (Å²) in [5.74, 6) is -0.658. The van der Waals surface area contributed by atoms with E-state index in [2.05, 4.69) is 4.90 Å². The molecule has 146 valence electrons. The summed E-state index contributed by atoms with van der Waals surface area (Å²) in [7, 11) is 0. The average Bonchev–Trinajstić information content (AvgIpc) is 3.02.